The van der Waals surface area contributed by atoms with Gasteiger partial charge < -0.3 is 5.32 Å². The maximum Gasteiger partial charge on any atom is 0.236 e. The summed E-state index contributed by atoms with van der Waals surface area (Å²) in [5.41, 5.74) is 2.58. The first-order chi connectivity index (χ1) is 8.45. The molecule has 0 saturated heterocycles. The van der Waals surface area contributed by atoms with Crippen molar-refractivity contribution in [3.63, 3.8) is 0 Å². The van der Waals surface area contributed by atoms with Crippen LogP contribution in [0.1, 0.15) is 37.8 Å². The van der Waals surface area contributed by atoms with Gasteiger partial charge in [0.25, 0.3) is 0 Å². The average molecular weight is 248 g/mol. The molecule has 0 aromatic heterocycles. The van der Waals surface area contributed by atoms with E-state index in [2.05, 4.69) is 43.4 Å². The molecule has 1 aromatic rings. The first kappa shape index (κ1) is 14.7. The van der Waals surface area contributed by atoms with Gasteiger partial charge in [0.2, 0.25) is 5.91 Å². The molecule has 0 radical (unpaired) electrons. The van der Waals surface area contributed by atoms with Crippen LogP contribution in [0.3, 0.4) is 0 Å². The van der Waals surface area contributed by atoms with Crippen molar-refractivity contribution in [2.45, 2.75) is 39.3 Å². The van der Waals surface area contributed by atoms with E-state index in [0.29, 0.717) is 5.92 Å². The van der Waals surface area contributed by atoms with Crippen LogP contribution >= 0.6 is 0 Å². The Hall–Kier alpha value is -1.35. The third kappa shape index (κ3) is 3.84. The molecule has 1 aromatic carbocycles. The Morgan fingerprint density at radius 2 is 1.78 bits per heavy atom. The van der Waals surface area contributed by atoms with Gasteiger partial charge >= 0.3 is 0 Å². The van der Waals surface area contributed by atoms with Crippen LogP contribution in [-0.4, -0.2) is 30.9 Å². The molecule has 1 rings (SSSR count). The highest BCUT2D eigenvalue weighted by Crippen LogP contribution is 2.15. The third-order valence-corrected chi connectivity index (χ3v) is 3.37. The van der Waals surface area contributed by atoms with E-state index in [4.69, 9.17) is 0 Å². The Kier molecular flexibility index (Phi) is 5.35. The molecule has 0 aliphatic heterocycles. The van der Waals surface area contributed by atoms with Crippen LogP contribution in [0.2, 0.25) is 0 Å². The molecule has 3 nitrogen and oxygen atoms in total. The van der Waals surface area contributed by atoms with Crippen molar-refractivity contribution in [2.75, 3.05) is 14.1 Å². The zero-order valence-electron chi connectivity index (χ0n) is 12.0. The second kappa shape index (κ2) is 6.55. The molecule has 1 amide bonds. The van der Waals surface area contributed by atoms with Gasteiger partial charge in [-0.2, -0.15) is 0 Å². The van der Waals surface area contributed by atoms with Gasteiger partial charge in [-0.1, -0.05) is 38.1 Å². The molecule has 1 atom stereocenters. The summed E-state index contributed by atoms with van der Waals surface area (Å²) >= 11 is 0. The van der Waals surface area contributed by atoms with Crippen LogP contribution in [0.25, 0.3) is 0 Å². The maximum atomic E-state index is 11.5. The zero-order valence-corrected chi connectivity index (χ0v) is 12.0. The van der Waals surface area contributed by atoms with Crippen molar-refractivity contribution in [1.82, 2.24) is 10.2 Å². The van der Waals surface area contributed by atoms with Crippen LogP contribution in [0.15, 0.2) is 24.3 Å². The first-order valence-corrected chi connectivity index (χ1v) is 6.46. The Bertz CT molecular complexity index is 384. The standard InChI is InChI=1S/C15H24N2O/c1-11(2)14-8-6-13(7-9-14)10-17(5)12(3)15(18)16-4/h6-9,11-12H,10H2,1-5H3,(H,16,18)/t12-/m1/s1. The fourth-order valence-corrected chi connectivity index (χ4v) is 1.84. The van der Waals surface area contributed by atoms with E-state index in [1.165, 1.54) is 11.1 Å². The van der Waals surface area contributed by atoms with Crippen molar-refractivity contribution < 1.29 is 4.79 Å². The number of carbonyl (C=O) groups excluding carboxylic acids is 1. The van der Waals surface area contributed by atoms with E-state index in [9.17, 15) is 4.79 Å². The number of nitrogens with one attached hydrogen (secondary N) is 1. The van der Waals surface area contributed by atoms with Gasteiger partial charge in [-0.3, -0.25) is 9.69 Å². The van der Waals surface area contributed by atoms with E-state index < -0.39 is 0 Å². The summed E-state index contributed by atoms with van der Waals surface area (Å²) in [6.07, 6.45) is 0. The summed E-state index contributed by atoms with van der Waals surface area (Å²) in [5.74, 6) is 0.609. The van der Waals surface area contributed by atoms with Crippen LogP contribution in [0.5, 0.6) is 0 Å². The Morgan fingerprint density at radius 1 is 1.22 bits per heavy atom. The number of amides is 1. The first-order valence-electron chi connectivity index (χ1n) is 6.46. The second-order valence-corrected chi connectivity index (χ2v) is 5.10. The highest BCUT2D eigenvalue weighted by Gasteiger charge is 2.16. The molecule has 0 saturated carbocycles. The molecule has 0 spiro atoms. The van der Waals surface area contributed by atoms with E-state index >= 15 is 0 Å². The maximum absolute atomic E-state index is 11.5. The fourth-order valence-electron chi connectivity index (χ4n) is 1.84. The number of benzene rings is 1. The van der Waals surface area contributed by atoms with Gasteiger partial charge in [-0.15, -0.1) is 0 Å². The summed E-state index contributed by atoms with van der Waals surface area (Å²) in [6.45, 7) is 7.08. The van der Waals surface area contributed by atoms with Gasteiger partial charge in [0, 0.05) is 13.6 Å². The Labute approximate surface area is 110 Å². The molecular formula is C15H24N2O. The number of rotatable bonds is 5. The Balaban J connectivity index is 2.64. The van der Waals surface area contributed by atoms with Gasteiger partial charge in [-0.25, -0.2) is 0 Å². The lowest BCUT2D eigenvalue weighted by Gasteiger charge is -2.23. The molecule has 0 unspecified atom stereocenters. The number of hydrogen-bond acceptors (Lipinski definition) is 2. The second-order valence-electron chi connectivity index (χ2n) is 5.10. The van der Waals surface area contributed by atoms with E-state index in [0.717, 1.165) is 6.54 Å². The molecule has 0 heterocycles. The summed E-state index contributed by atoms with van der Waals surface area (Å²) in [7, 11) is 3.64. The van der Waals surface area contributed by atoms with Gasteiger partial charge in [0.1, 0.15) is 0 Å². The van der Waals surface area contributed by atoms with Crippen molar-refractivity contribution in [1.29, 1.82) is 0 Å². The van der Waals surface area contributed by atoms with Crippen LogP contribution < -0.4 is 5.32 Å². The molecule has 0 fully saturated rings. The average Bonchev–Trinajstić information content (AvgIpc) is 2.37. The molecule has 0 aliphatic rings. The summed E-state index contributed by atoms with van der Waals surface area (Å²) in [6, 6.07) is 8.50. The summed E-state index contributed by atoms with van der Waals surface area (Å²) < 4.78 is 0. The van der Waals surface area contributed by atoms with Crippen molar-refractivity contribution in [3.8, 4) is 0 Å². The molecule has 0 bridgehead atoms. The molecule has 1 N–H and O–H groups in total. The monoisotopic (exact) mass is 248 g/mol. The van der Waals surface area contributed by atoms with Gasteiger partial charge in [0.15, 0.2) is 0 Å². The summed E-state index contributed by atoms with van der Waals surface area (Å²) in [4.78, 5) is 13.6. The molecule has 0 aliphatic carbocycles. The topological polar surface area (TPSA) is 32.3 Å². The lowest BCUT2D eigenvalue weighted by molar-refractivity contribution is -0.125. The number of likely N-dealkylation sites (N-methyl/N-ethyl adjacent to an activating group) is 2. The molecule has 3 heteroatoms. The molecule has 100 valence electrons. The SMILES string of the molecule is CNC(=O)[C@@H](C)N(C)Cc1ccc(C(C)C)cc1. The van der Waals surface area contributed by atoms with Gasteiger partial charge in [0.05, 0.1) is 6.04 Å². The summed E-state index contributed by atoms with van der Waals surface area (Å²) in [5, 5.41) is 2.67. The lowest BCUT2D eigenvalue weighted by Crippen LogP contribution is -2.41. The van der Waals surface area contributed by atoms with Crippen LogP contribution in [0.4, 0.5) is 0 Å². The highest BCUT2D eigenvalue weighted by atomic mass is 16.2. The quantitative estimate of drug-likeness (QED) is 0.867. The fraction of sp³-hybridized carbons (Fsp3) is 0.533. The zero-order chi connectivity index (χ0) is 13.7. The largest absolute Gasteiger partial charge is 0.358 e. The van der Waals surface area contributed by atoms with Crippen LogP contribution in [0, 0.1) is 0 Å². The van der Waals surface area contributed by atoms with Crippen LogP contribution in [-0.2, 0) is 11.3 Å². The normalized spacial score (nSPS) is 12.8. The van der Waals surface area contributed by atoms with Crippen molar-refractivity contribution in [2.24, 2.45) is 0 Å². The van der Waals surface area contributed by atoms with Crippen molar-refractivity contribution in [3.05, 3.63) is 35.4 Å². The third-order valence-electron chi connectivity index (χ3n) is 3.37. The minimum Gasteiger partial charge on any atom is -0.358 e. The minimum atomic E-state index is -0.111. The Morgan fingerprint density at radius 3 is 2.22 bits per heavy atom. The van der Waals surface area contributed by atoms with E-state index in [1.807, 2.05) is 18.9 Å². The highest BCUT2D eigenvalue weighted by molar-refractivity contribution is 5.80. The number of carbonyl (C=O) groups is 1. The lowest BCUT2D eigenvalue weighted by atomic mass is 10.0. The number of nitrogens with zero attached hydrogens (tertiary/aromatic N) is 1. The van der Waals surface area contributed by atoms with E-state index in [1.54, 1.807) is 7.05 Å². The van der Waals surface area contributed by atoms with Gasteiger partial charge in [-0.05, 0) is 31.0 Å². The molecular weight excluding hydrogens is 224 g/mol. The van der Waals surface area contributed by atoms with E-state index in [-0.39, 0.29) is 11.9 Å². The van der Waals surface area contributed by atoms with Crippen molar-refractivity contribution >= 4 is 5.91 Å². The predicted molar refractivity (Wildman–Crippen MR) is 75.5 cm³/mol. The number of hydrogen-bond donors (Lipinski definition) is 1. The molecule has 18 heavy (non-hydrogen) atoms. The smallest absolute Gasteiger partial charge is 0.236 e. The predicted octanol–water partition coefficient (Wildman–Crippen LogP) is 2.38. The minimum absolute atomic E-state index is 0.0521.